The predicted molar refractivity (Wildman–Crippen MR) is 64.3 cm³/mol. The summed E-state index contributed by atoms with van der Waals surface area (Å²) in [5, 5.41) is 0. The average Bonchev–Trinajstić information content (AvgIpc) is 2.14. The normalized spacial score (nSPS) is 13.7. The van der Waals surface area contributed by atoms with Gasteiger partial charge in [-0.2, -0.15) is 0 Å². The van der Waals surface area contributed by atoms with Gasteiger partial charge in [-0.05, 0) is 30.0 Å². The first-order valence-corrected chi connectivity index (χ1v) is 5.38. The van der Waals surface area contributed by atoms with Crippen molar-refractivity contribution in [2.24, 2.45) is 5.73 Å². The molecule has 1 unspecified atom stereocenters. The first-order valence-electron chi connectivity index (χ1n) is 5.38. The van der Waals surface area contributed by atoms with Gasteiger partial charge in [0, 0.05) is 6.04 Å². The van der Waals surface area contributed by atoms with Crippen LogP contribution in [-0.4, -0.2) is 12.6 Å². The molecule has 2 heteroatoms. The summed E-state index contributed by atoms with van der Waals surface area (Å²) in [5.74, 6) is 0.903. The van der Waals surface area contributed by atoms with Gasteiger partial charge in [0.15, 0.2) is 0 Å². The van der Waals surface area contributed by atoms with Crippen molar-refractivity contribution in [3.05, 3.63) is 29.8 Å². The standard InChI is InChI=1S/C13H21NO/c1-10(14)9-15-12-7-5-6-11(8-12)13(2,3)4/h5-8,10H,9,14H2,1-4H3. The first kappa shape index (κ1) is 12.1. The number of benzene rings is 1. The molecule has 84 valence electrons. The molecule has 0 aromatic heterocycles. The molecular weight excluding hydrogens is 186 g/mol. The lowest BCUT2D eigenvalue weighted by atomic mass is 9.87. The fourth-order valence-electron chi connectivity index (χ4n) is 1.28. The number of hydrogen-bond donors (Lipinski definition) is 1. The van der Waals surface area contributed by atoms with Crippen molar-refractivity contribution in [2.45, 2.75) is 39.2 Å². The summed E-state index contributed by atoms with van der Waals surface area (Å²) in [7, 11) is 0. The predicted octanol–water partition coefficient (Wildman–Crippen LogP) is 2.71. The Bertz CT molecular complexity index is 313. The maximum Gasteiger partial charge on any atom is 0.119 e. The van der Waals surface area contributed by atoms with Crippen LogP contribution in [0.3, 0.4) is 0 Å². The van der Waals surface area contributed by atoms with Crippen LogP contribution in [0.5, 0.6) is 5.75 Å². The Morgan fingerprint density at radius 2 is 2.00 bits per heavy atom. The maximum atomic E-state index is 5.64. The van der Waals surface area contributed by atoms with E-state index in [0.29, 0.717) is 6.61 Å². The molecular formula is C13H21NO. The first-order chi connectivity index (χ1) is 6.89. The molecule has 0 saturated carbocycles. The second kappa shape index (κ2) is 4.67. The van der Waals surface area contributed by atoms with Crippen LogP contribution in [0.15, 0.2) is 24.3 Å². The van der Waals surface area contributed by atoms with Crippen molar-refractivity contribution in [3.63, 3.8) is 0 Å². The van der Waals surface area contributed by atoms with E-state index in [0.717, 1.165) is 5.75 Å². The summed E-state index contributed by atoms with van der Waals surface area (Å²) in [6, 6.07) is 8.28. The molecule has 0 fully saturated rings. The van der Waals surface area contributed by atoms with E-state index in [1.807, 2.05) is 19.1 Å². The topological polar surface area (TPSA) is 35.2 Å². The molecule has 0 aliphatic heterocycles. The van der Waals surface area contributed by atoms with E-state index in [1.165, 1.54) is 5.56 Å². The van der Waals surface area contributed by atoms with Crippen LogP contribution >= 0.6 is 0 Å². The molecule has 0 aliphatic rings. The summed E-state index contributed by atoms with van der Waals surface area (Å²) in [5.41, 5.74) is 7.08. The highest BCUT2D eigenvalue weighted by atomic mass is 16.5. The van der Waals surface area contributed by atoms with Crippen molar-refractivity contribution < 1.29 is 4.74 Å². The average molecular weight is 207 g/mol. The van der Waals surface area contributed by atoms with Crippen molar-refractivity contribution in [1.82, 2.24) is 0 Å². The summed E-state index contributed by atoms with van der Waals surface area (Å²) in [6.07, 6.45) is 0. The van der Waals surface area contributed by atoms with Crippen molar-refractivity contribution in [1.29, 1.82) is 0 Å². The van der Waals surface area contributed by atoms with E-state index in [-0.39, 0.29) is 11.5 Å². The van der Waals surface area contributed by atoms with Crippen molar-refractivity contribution in [3.8, 4) is 5.75 Å². The van der Waals surface area contributed by atoms with Gasteiger partial charge in [0.05, 0.1) is 0 Å². The highest BCUT2D eigenvalue weighted by molar-refractivity contribution is 5.32. The lowest BCUT2D eigenvalue weighted by Crippen LogP contribution is -2.23. The Kier molecular flexibility index (Phi) is 3.75. The van der Waals surface area contributed by atoms with Crippen LogP contribution in [0.4, 0.5) is 0 Å². The van der Waals surface area contributed by atoms with Crippen LogP contribution in [0, 0.1) is 0 Å². The molecule has 2 nitrogen and oxygen atoms in total. The van der Waals surface area contributed by atoms with Gasteiger partial charge >= 0.3 is 0 Å². The Morgan fingerprint density at radius 1 is 1.33 bits per heavy atom. The zero-order valence-corrected chi connectivity index (χ0v) is 10.1. The summed E-state index contributed by atoms with van der Waals surface area (Å²) in [4.78, 5) is 0. The largest absolute Gasteiger partial charge is 0.492 e. The van der Waals surface area contributed by atoms with Gasteiger partial charge in [-0.15, -0.1) is 0 Å². The van der Waals surface area contributed by atoms with Crippen LogP contribution in [0.25, 0.3) is 0 Å². The van der Waals surface area contributed by atoms with E-state index in [4.69, 9.17) is 10.5 Å². The van der Waals surface area contributed by atoms with Gasteiger partial charge in [-0.3, -0.25) is 0 Å². The third kappa shape index (κ3) is 3.92. The smallest absolute Gasteiger partial charge is 0.119 e. The molecule has 1 aromatic rings. The summed E-state index contributed by atoms with van der Waals surface area (Å²) < 4.78 is 5.58. The van der Waals surface area contributed by atoms with E-state index >= 15 is 0 Å². The van der Waals surface area contributed by atoms with Crippen LogP contribution < -0.4 is 10.5 Å². The molecule has 0 heterocycles. The minimum atomic E-state index is 0.0725. The second-order valence-electron chi connectivity index (χ2n) is 5.07. The Balaban J connectivity index is 2.75. The van der Waals surface area contributed by atoms with Gasteiger partial charge in [-0.1, -0.05) is 32.9 Å². The molecule has 0 amide bonds. The molecule has 0 bridgehead atoms. The maximum absolute atomic E-state index is 5.64. The summed E-state index contributed by atoms with van der Waals surface area (Å²) >= 11 is 0. The van der Waals surface area contributed by atoms with Gasteiger partial charge in [0.25, 0.3) is 0 Å². The summed E-state index contributed by atoms with van der Waals surface area (Å²) in [6.45, 7) is 9.08. The van der Waals surface area contributed by atoms with Crippen LogP contribution in [-0.2, 0) is 5.41 Å². The zero-order valence-electron chi connectivity index (χ0n) is 10.1. The minimum Gasteiger partial charge on any atom is -0.492 e. The number of ether oxygens (including phenoxy) is 1. The number of rotatable bonds is 3. The number of nitrogens with two attached hydrogens (primary N) is 1. The monoisotopic (exact) mass is 207 g/mol. The fourth-order valence-corrected chi connectivity index (χ4v) is 1.28. The van der Waals surface area contributed by atoms with E-state index in [1.54, 1.807) is 0 Å². The van der Waals surface area contributed by atoms with Crippen LogP contribution in [0.2, 0.25) is 0 Å². The minimum absolute atomic E-state index is 0.0725. The Morgan fingerprint density at radius 3 is 2.53 bits per heavy atom. The van der Waals surface area contributed by atoms with Crippen LogP contribution in [0.1, 0.15) is 33.3 Å². The molecule has 0 spiro atoms. The molecule has 1 aromatic carbocycles. The third-order valence-electron chi connectivity index (χ3n) is 2.21. The zero-order chi connectivity index (χ0) is 11.5. The fraction of sp³-hybridized carbons (Fsp3) is 0.538. The molecule has 0 aliphatic carbocycles. The van der Waals surface area contributed by atoms with Gasteiger partial charge < -0.3 is 10.5 Å². The Hall–Kier alpha value is -1.02. The Labute approximate surface area is 92.4 Å². The highest BCUT2D eigenvalue weighted by Crippen LogP contribution is 2.25. The quantitative estimate of drug-likeness (QED) is 0.827. The van der Waals surface area contributed by atoms with Gasteiger partial charge in [0.2, 0.25) is 0 Å². The second-order valence-corrected chi connectivity index (χ2v) is 5.07. The van der Waals surface area contributed by atoms with E-state index < -0.39 is 0 Å². The van der Waals surface area contributed by atoms with Crippen molar-refractivity contribution >= 4 is 0 Å². The number of hydrogen-bond acceptors (Lipinski definition) is 2. The molecule has 0 saturated heterocycles. The lowest BCUT2D eigenvalue weighted by molar-refractivity contribution is 0.295. The van der Waals surface area contributed by atoms with E-state index in [9.17, 15) is 0 Å². The molecule has 1 atom stereocenters. The molecule has 1 rings (SSSR count). The molecule has 0 radical (unpaired) electrons. The van der Waals surface area contributed by atoms with Gasteiger partial charge in [0.1, 0.15) is 12.4 Å². The highest BCUT2D eigenvalue weighted by Gasteiger charge is 2.13. The van der Waals surface area contributed by atoms with E-state index in [2.05, 4.69) is 32.9 Å². The van der Waals surface area contributed by atoms with Crippen molar-refractivity contribution in [2.75, 3.05) is 6.61 Å². The molecule has 15 heavy (non-hydrogen) atoms. The lowest BCUT2D eigenvalue weighted by Gasteiger charge is -2.20. The van der Waals surface area contributed by atoms with Gasteiger partial charge in [-0.25, -0.2) is 0 Å². The SMILES string of the molecule is CC(N)COc1cccc(C(C)(C)C)c1. The third-order valence-corrected chi connectivity index (χ3v) is 2.21. The molecule has 2 N–H and O–H groups in total.